The molecule has 0 amide bonds. The number of esters is 1. The summed E-state index contributed by atoms with van der Waals surface area (Å²) in [6.07, 6.45) is 5.29. The molecule has 0 spiro atoms. The standard InChI is InChI=1S/C15H25NO4/c1-3-19-14(18)10-13-6-5-9-16(13)15(11-17,20-4-2)12-7-8-12/h11-13H,3-10H2,1-2H3/t13-,15?/m0/s1. The lowest BCUT2D eigenvalue weighted by Crippen LogP contribution is -2.56. The van der Waals surface area contributed by atoms with E-state index in [1.54, 1.807) is 0 Å². The molecule has 1 heterocycles. The van der Waals surface area contributed by atoms with Crippen molar-refractivity contribution in [3.8, 4) is 0 Å². The van der Waals surface area contributed by atoms with E-state index in [4.69, 9.17) is 9.47 Å². The highest BCUT2D eigenvalue weighted by molar-refractivity contribution is 5.70. The minimum absolute atomic E-state index is 0.0615. The zero-order valence-electron chi connectivity index (χ0n) is 12.5. The van der Waals surface area contributed by atoms with Crippen LogP contribution >= 0.6 is 0 Å². The van der Waals surface area contributed by atoms with Crippen molar-refractivity contribution in [1.29, 1.82) is 0 Å². The lowest BCUT2D eigenvalue weighted by atomic mass is 10.0. The molecule has 1 aliphatic carbocycles. The predicted octanol–water partition coefficient (Wildman–Crippen LogP) is 1.75. The van der Waals surface area contributed by atoms with Crippen LogP contribution in [-0.4, -0.2) is 48.7 Å². The monoisotopic (exact) mass is 283 g/mol. The zero-order valence-corrected chi connectivity index (χ0v) is 12.5. The Balaban J connectivity index is 2.10. The number of likely N-dealkylation sites (tertiary alicyclic amines) is 1. The van der Waals surface area contributed by atoms with E-state index in [0.29, 0.717) is 19.6 Å². The first-order chi connectivity index (χ1) is 9.67. The SMILES string of the molecule is CCOC(=O)C[C@@H]1CCCN1C(C=O)(OCC)C1CC1. The molecule has 20 heavy (non-hydrogen) atoms. The molecule has 0 bridgehead atoms. The third kappa shape index (κ3) is 3.04. The molecule has 1 saturated heterocycles. The summed E-state index contributed by atoms with van der Waals surface area (Å²) in [6.45, 7) is 5.46. The van der Waals surface area contributed by atoms with Gasteiger partial charge in [-0.1, -0.05) is 0 Å². The van der Waals surface area contributed by atoms with Crippen LogP contribution in [0.4, 0.5) is 0 Å². The number of aldehydes is 1. The van der Waals surface area contributed by atoms with Crippen LogP contribution in [0.15, 0.2) is 0 Å². The van der Waals surface area contributed by atoms with Gasteiger partial charge >= 0.3 is 5.97 Å². The van der Waals surface area contributed by atoms with E-state index < -0.39 is 5.72 Å². The summed E-state index contributed by atoms with van der Waals surface area (Å²) in [5.74, 6) is 0.0965. The van der Waals surface area contributed by atoms with Gasteiger partial charge in [0.25, 0.3) is 0 Å². The Morgan fingerprint density at radius 2 is 2.05 bits per heavy atom. The molecule has 2 rings (SSSR count). The summed E-state index contributed by atoms with van der Waals surface area (Å²) in [7, 11) is 0. The van der Waals surface area contributed by atoms with Crippen LogP contribution in [0.2, 0.25) is 0 Å². The molecule has 1 aliphatic heterocycles. The number of carbonyl (C=O) groups is 2. The fourth-order valence-electron chi connectivity index (χ4n) is 3.28. The van der Waals surface area contributed by atoms with Crippen molar-refractivity contribution in [3.05, 3.63) is 0 Å². The summed E-state index contributed by atoms with van der Waals surface area (Å²) in [5.41, 5.74) is -0.817. The second-order valence-electron chi connectivity index (χ2n) is 5.58. The van der Waals surface area contributed by atoms with Crippen LogP contribution in [0.3, 0.4) is 0 Å². The number of carbonyl (C=O) groups excluding carboxylic acids is 2. The van der Waals surface area contributed by atoms with E-state index in [1.165, 1.54) is 0 Å². The molecular formula is C15H25NO4. The Bertz CT molecular complexity index is 356. The first kappa shape index (κ1) is 15.4. The number of hydrogen-bond acceptors (Lipinski definition) is 5. The lowest BCUT2D eigenvalue weighted by molar-refractivity contribution is -0.178. The van der Waals surface area contributed by atoms with Crippen LogP contribution in [-0.2, 0) is 19.1 Å². The summed E-state index contributed by atoms with van der Waals surface area (Å²) in [4.78, 5) is 25.6. The van der Waals surface area contributed by atoms with Crippen LogP contribution in [0.5, 0.6) is 0 Å². The minimum Gasteiger partial charge on any atom is -0.466 e. The second-order valence-corrected chi connectivity index (χ2v) is 5.58. The Labute approximate surface area is 120 Å². The van der Waals surface area contributed by atoms with Crippen LogP contribution in [0.25, 0.3) is 0 Å². The van der Waals surface area contributed by atoms with Gasteiger partial charge in [0, 0.05) is 25.1 Å². The third-order valence-electron chi connectivity index (χ3n) is 4.24. The van der Waals surface area contributed by atoms with Crippen molar-refractivity contribution in [1.82, 2.24) is 4.90 Å². The molecule has 114 valence electrons. The van der Waals surface area contributed by atoms with Crippen LogP contribution < -0.4 is 0 Å². The molecule has 1 saturated carbocycles. The number of ether oxygens (including phenoxy) is 2. The van der Waals surface area contributed by atoms with Crippen molar-refractivity contribution in [2.45, 2.75) is 57.7 Å². The van der Waals surface area contributed by atoms with Gasteiger partial charge in [0.05, 0.1) is 13.0 Å². The van der Waals surface area contributed by atoms with E-state index in [2.05, 4.69) is 4.90 Å². The normalized spacial score (nSPS) is 26.2. The van der Waals surface area contributed by atoms with Gasteiger partial charge in [0.1, 0.15) is 0 Å². The molecule has 0 N–H and O–H groups in total. The highest BCUT2D eigenvalue weighted by atomic mass is 16.5. The second kappa shape index (κ2) is 6.68. The fraction of sp³-hybridized carbons (Fsp3) is 0.867. The third-order valence-corrected chi connectivity index (χ3v) is 4.24. The summed E-state index contributed by atoms with van der Waals surface area (Å²) in [6, 6.07) is 0.0615. The highest BCUT2D eigenvalue weighted by Gasteiger charge is 2.53. The van der Waals surface area contributed by atoms with Crippen molar-refractivity contribution < 1.29 is 19.1 Å². The van der Waals surface area contributed by atoms with Gasteiger partial charge in [-0.2, -0.15) is 0 Å². The number of nitrogens with zero attached hydrogens (tertiary/aromatic N) is 1. The topological polar surface area (TPSA) is 55.8 Å². The largest absolute Gasteiger partial charge is 0.466 e. The van der Waals surface area contributed by atoms with Crippen LogP contribution in [0.1, 0.15) is 46.0 Å². The molecule has 0 aromatic heterocycles. The summed E-state index contributed by atoms with van der Waals surface area (Å²) >= 11 is 0. The van der Waals surface area contributed by atoms with Gasteiger partial charge in [-0.3, -0.25) is 14.5 Å². The maximum atomic E-state index is 11.8. The fourth-order valence-corrected chi connectivity index (χ4v) is 3.28. The van der Waals surface area contributed by atoms with E-state index >= 15 is 0 Å². The molecule has 5 heteroatoms. The smallest absolute Gasteiger partial charge is 0.307 e. The Morgan fingerprint density at radius 1 is 1.30 bits per heavy atom. The van der Waals surface area contributed by atoms with Crippen LogP contribution in [0, 0.1) is 5.92 Å². The summed E-state index contributed by atoms with van der Waals surface area (Å²) < 4.78 is 10.9. The molecule has 1 unspecified atom stereocenters. The van der Waals surface area contributed by atoms with Gasteiger partial charge in [0.2, 0.25) is 0 Å². The molecule has 2 fully saturated rings. The Hall–Kier alpha value is -0.940. The Kier molecular flexibility index (Phi) is 5.16. The quantitative estimate of drug-likeness (QED) is 0.502. The number of rotatable bonds is 8. The lowest BCUT2D eigenvalue weighted by Gasteiger charge is -2.40. The van der Waals surface area contributed by atoms with Crippen molar-refractivity contribution in [2.24, 2.45) is 5.92 Å². The molecule has 0 radical (unpaired) electrons. The van der Waals surface area contributed by atoms with E-state index in [-0.39, 0.29) is 17.9 Å². The number of hydrogen-bond donors (Lipinski definition) is 0. The van der Waals surface area contributed by atoms with E-state index in [9.17, 15) is 9.59 Å². The first-order valence-corrected chi connectivity index (χ1v) is 7.70. The molecule has 2 aliphatic rings. The zero-order chi connectivity index (χ0) is 14.6. The Morgan fingerprint density at radius 3 is 2.60 bits per heavy atom. The van der Waals surface area contributed by atoms with Gasteiger partial charge in [-0.05, 0) is 39.5 Å². The molecular weight excluding hydrogens is 258 g/mol. The minimum atomic E-state index is -0.817. The van der Waals surface area contributed by atoms with Gasteiger partial charge in [0.15, 0.2) is 12.0 Å². The average molecular weight is 283 g/mol. The van der Waals surface area contributed by atoms with Crippen molar-refractivity contribution in [2.75, 3.05) is 19.8 Å². The molecule has 0 aromatic carbocycles. The van der Waals surface area contributed by atoms with Crippen molar-refractivity contribution >= 4 is 12.3 Å². The summed E-state index contributed by atoms with van der Waals surface area (Å²) in [5, 5.41) is 0. The first-order valence-electron chi connectivity index (χ1n) is 7.70. The molecule has 5 nitrogen and oxygen atoms in total. The average Bonchev–Trinajstić information content (AvgIpc) is 3.18. The predicted molar refractivity (Wildman–Crippen MR) is 74.1 cm³/mol. The molecule has 2 atom stereocenters. The van der Waals surface area contributed by atoms with E-state index in [1.807, 2.05) is 13.8 Å². The highest BCUT2D eigenvalue weighted by Crippen LogP contribution is 2.45. The van der Waals surface area contributed by atoms with Gasteiger partial charge in [-0.25, -0.2) is 0 Å². The maximum Gasteiger partial charge on any atom is 0.307 e. The maximum absolute atomic E-state index is 11.8. The van der Waals surface area contributed by atoms with Crippen molar-refractivity contribution in [3.63, 3.8) is 0 Å². The van der Waals surface area contributed by atoms with Gasteiger partial charge < -0.3 is 9.47 Å². The molecule has 0 aromatic rings. The van der Waals surface area contributed by atoms with E-state index in [0.717, 1.165) is 38.5 Å². The van der Waals surface area contributed by atoms with Gasteiger partial charge in [-0.15, -0.1) is 0 Å².